The Hall–Kier alpha value is -4.11. The van der Waals surface area contributed by atoms with E-state index in [4.69, 9.17) is 9.40 Å². The lowest BCUT2D eigenvalue weighted by atomic mass is 10.1. The van der Waals surface area contributed by atoms with Crippen LogP contribution in [0.5, 0.6) is 0 Å². The van der Waals surface area contributed by atoms with Crippen LogP contribution in [0.4, 0.5) is 5.69 Å². The van der Waals surface area contributed by atoms with Gasteiger partial charge in [0, 0.05) is 34.5 Å². The largest absolute Gasteiger partial charge is 0.411 e. The molecule has 1 aliphatic heterocycles. The quantitative estimate of drug-likeness (QED) is 0.281. The summed E-state index contributed by atoms with van der Waals surface area (Å²) in [5.74, 6) is 0.831. The second kappa shape index (κ2) is 8.10. The van der Waals surface area contributed by atoms with Crippen molar-refractivity contribution in [2.24, 2.45) is 5.10 Å². The first kappa shape index (κ1) is 19.6. The highest BCUT2D eigenvalue weighted by Gasteiger charge is 2.28. The molecule has 0 fully saturated rings. The van der Waals surface area contributed by atoms with Crippen LogP contribution in [-0.4, -0.2) is 37.5 Å². The minimum absolute atomic E-state index is 0.0740. The third kappa shape index (κ3) is 3.62. The SMILES string of the molecule is O=C1CC(CSc2nnc(-c3ccncc3)o2)=NN1c1c2ccccc2nc2ccccc12. The Kier molecular flexibility index (Phi) is 4.80. The molecule has 1 amide bonds. The maximum Gasteiger partial charge on any atom is 0.277 e. The Morgan fingerprint density at radius 1 is 0.909 bits per heavy atom. The smallest absolute Gasteiger partial charge is 0.277 e. The monoisotopic (exact) mass is 452 g/mol. The van der Waals surface area contributed by atoms with Crippen molar-refractivity contribution in [3.63, 3.8) is 0 Å². The Labute approximate surface area is 192 Å². The Bertz CT molecular complexity index is 1480. The van der Waals surface area contributed by atoms with E-state index in [1.54, 1.807) is 12.4 Å². The third-order valence-electron chi connectivity index (χ3n) is 5.30. The lowest BCUT2D eigenvalue weighted by Gasteiger charge is -2.17. The number of anilines is 1. The van der Waals surface area contributed by atoms with Gasteiger partial charge in [0.15, 0.2) is 0 Å². The molecule has 0 radical (unpaired) electrons. The molecule has 1 aliphatic rings. The van der Waals surface area contributed by atoms with Gasteiger partial charge >= 0.3 is 0 Å². The van der Waals surface area contributed by atoms with E-state index < -0.39 is 0 Å². The molecular formula is C24H16N6O2S. The zero-order valence-corrected chi connectivity index (χ0v) is 18.1. The van der Waals surface area contributed by atoms with Gasteiger partial charge in [-0.2, -0.15) is 10.1 Å². The van der Waals surface area contributed by atoms with Crippen molar-refractivity contribution in [3.8, 4) is 11.5 Å². The Morgan fingerprint density at radius 2 is 1.61 bits per heavy atom. The first-order valence-corrected chi connectivity index (χ1v) is 11.3. The van der Waals surface area contributed by atoms with E-state index in [-0.39, 0.29) is 12.3 Å². The number of carbonyl (C=O) groups excluding carboxylic acids is 1. The van der Waals surface area contributed by atoms with Gasteiger partial charge in [-0.25, -0.2) is 4.98 Å². The second-order valence-corrected chi connectivity index (χ2v) is 8.37. The average molecular weight is 452 g/mol. The van der Waals surface area contributed by atoms with Gasteiger partial charge in [-0.1, -0.05) is 48.2 Å². The molecule has 0 unspecified atom stereocenters. The molecule has 0 bridgehead atoms. The minimum atomic E-state index is -0.0740. The van der Waals surface area contributed by atoms with Gasteiger partial charge in [-0.05, 0) is 24.3 Å². The van der Waals surface area contributed by atoms with E-state index >= 15 is 0 Å². The normalized spacial score (nSPS) is 13.8. The van der Waals surface area contributed by atoms with Gasteiger partial charge in [-0.3, -0.25) is 9.78 Å². The third-order valence-corrected chi connectivity index (χ3v) is 6.19. The summed E-state index contributed by atoms with van der Waals surface area (Å²) in [5.41, 5.74) is 3.97. The van der Waals surface area contributed by atoms with Crippen molar-refractivity contribution in [3.05, 3.63) is 73.1 Å². The number of carbonyl (C=O) groups is 1. The first-order chi connectivity index (χ1) is 16.3. The van der Waals surface area contributed by atoms with E-state index in [1.807, 2.05) is 60.7 Å². The fourth-order valence-corrected chi connectivity index (χ4v) is 4.49. The summed E-state index contributed by atoms with van der Waals surface area (Å²) in [7, 11) is 0. The maximum absolute atomic E-state index is 13.0. The van der Waals surface area contributed by atoms with Crippen molar-refractivity contribution in [2.45, 2.75) is 11.6 Å². The molecule has 6 rings (SSSR count). The van der Waals surface area contributed by atoms with Crippen LogP contribution >= 0.6 is 11.8 Å². The summed E-state index contributed by atoms with van der Waals surface area (Å²) in [5, 5.41) is 16.6. The summed E-state index contributed by atoms with van der Waals surface area (Å²) < 4.78 is 5.73. The molecule has 160 valence electrons. The summed E-state index contributed by atoms with van der Waals surface area (Å²) in [6.07, 6.45) is 3.59. The number of amides is 1. The number of thioether (sulfide) groups is 1. The predicted molar refractivity (Wildman–Crippen MR) is 127 cm³/mol. The average Bonchev–Trinajstić information content (AvgIpc) is 3.48. The first-order valence-electron chi connectivity index (χ1n) is 10.3. The minimum Gasteiger partial charge on any atom is -0.411 e. The highest BCUT2D eigenvalue weighted by molar-refractivity contribution is 7.99. The van der Waals surface area contributed by atoms with Crippen molar-refractivity contribution in [1.29, 1.82) is 0 Å². The van der Waals surface area contributed by atoms with Gasteiger partial charge < -0.3 is 4.42 Å². The van der Waals surface area contributed by atoms with Crippen molar-refractivity contribution < 1.29 is 9.21 Å². The summed E-state index contributed by atoms with van der Waals surface area (Å²) in [4.78, 5) is 21.7. The number of aromatic nitrogens is 4. The van der Waals surface area contributed by atoms with E-state index in [0.717, 1.165) is 38.8 Å². The zero-order valence-electron chi connectivity index (χ0n) is 17.3. The lowest BCUT2D eigenvalue weighted by Crippen LogP contribution is -2.20. The summed E-state index contributed by atoms with van der Waals surface area (Å²) in [6, 6.07) is 19.2. The molecule has 4 heterocycles. The standard InChI is InChI=1S/C24H16N6O2S/c31-21-13-16(14-33-24-28-27-23(32-24)15-9-11-25-12-10-15)29-30(21)22-17-5-1-3-7-19(17)26-20-8-4-2-6-18(20)22/h1-12H,13-14H2. The number of benzene rings is 2. The zero-order chi connectivity index (χ0) is 22.2. The van der Waals surface area contributed by atoms with Crippen molar-refractivity contribution in [2.75, 3.05) is 10.8 Å². The lowest BCUT2D eigenvalue weighted by molar-refractivity contribution is -0.116. The van der Waals surface area contributed by atoms with E-state index in [2.05, 4.69) is 20.3 Å². The summed E-state index contributed by atoms with van der Waals surface area (Å²) in [6.45, 7) is 0. The second-order valence-electron chi connectivity index (χ2n) is 7.44. The van der Waals surface area contributed by atoms with Crippen LogP contribution < -0.4 is 5.01 Å². The molecule has 0 atom stereocenters. The predicted octanol–water partition coefficient (Wildman–Crippen LogP) is 4.72. The number of hydrazone groups is 1. The molecule has 5 aromatic rings. The van der Waals surface area contributed by atoms with Crippen LogP contribution in [0.1, 0.15) is 6.42 Å². The molecule has 0 saturated heterocycles. The number of pyridine rings is 2. The molecule has 0 spiro atoms. The molecule has 9 heteroatoms. The number of para-hydroxylation sites is 2. The Balaban J connectivity index is 1.30. The fourth-order valence-electron chi connectivity index (χ4n) is 3.81. The highest BCUT2D eigenvalue weighted by atomic mass is 32.2. The van der Waals surface area contributed by atoms with Gasteiger partial charge in [0.2, 0.25) is 5.89 Å². The van der Waals surface area contributed by atoms with Crippen LogP contribution in [0.2, 0.25) is 0 Å². The van der Waals surface area contributed by atoms with E-state index in [0.29, 0.717) is 16.9 Å². The highest BCUT2D eigenvalue weighted by Crippen LogP contribution is 2.36. The van der Waals surface area contributed by atoms with Crippen LogP contribution in [0.15, 0.2) is 87.8 Å². The van der Waals surface area contributed by atoms with E-state index in [1.165, 1.54) is 16.8 Å². The van der Waals surface area contributed by atoms with Gasteiger partial charge in [0.25, 0.3) is 11.1 Å². The summed E-state index contributed by atoms with van der Waals surface area (Å²) >= 11 is 1.36. The molecular weight excluding hydrogens is 436 g/mol. The molecule has 3 aromatic heterocycles. The molecule has 8 nitrogen and oxygen atoms in total. The van der Waals surface area contributed by atoms with Crippen molar-refractivity contribution in [1.82, 2.24) is 20.2 Å². The van der Waals surface area contributed by atoms with Gasteiger partial charge in [0.1, 0.15) is 0 Å². The van der Waals surface area contributed by atoms with Gasteiger partial charge in [-0.15, -0.1) is 10.2 Å². The topological polar surface area (TPSA) is 97.4 Å². The fraction of sp³-hybridized carbons (Fsp3) is 0.0833. The van der Waals surface area contributed by atoms with E-state index in [9.17, 15) is 4.79 Å². The number of rotatable bonds is 5. The molecule has 2 aromatic carbocycles. The van der Waals surface area contributed by atoms with Crippen molar-refractivity contribution >= 4 is 50.9 Å². The van der Waals surface area contributed by atoms with Gasteiger partial charge in [0.05, 0.1) is 28.9 Å². The van der Waals surface area contributed by atoms with Crippen LogP contribution in [0.25, 0.3) is 33.3 Å². The number of nitrogens with zero attached hydrogens (tertiary/aromatic N) is 6. The number of hydrogen-bond donors (Lipinski definition) is 0. The molecule has 33 heavy (non-hydrogen) atoms. The molecule has 0 N–H and O–H groups in total. The van der Waals surface area contributed by atoms with Crippen LogP contribution in [0.3, 0.4) is 0 Å². The molecule has 0 saturated carbocycles. The number of fused-ring (bicyclic) bond motifs is 2. The Morgan fingerprint density at radius 3 is 2.33 bits per heavy atom. The number of hydrogen-bond acceptors (Lipinski definition) is 8. The molecule has 0 aliphatic carbocycles. The maximum atomic E-state index is 13.0. The van der Waals surface area contributed by atoms with Crippen LogP contribution in [0, 0.1) is 0 Å². The van der Waals surface area contributed by atoms with Crippen LogP contribution in [-0.2, 0) is 4.79 Å².